The van der Waals surface area contributed by atoms with Gasteiger partial charge in [-0.25, -0.2) is 13.2 Å². The van der Waals surface area contributed by atoms with Crippen LogP contribution >= 0.6 is 0 Å². The van der Waals surface area contributed by atoms with Gasteiger partial charge in [-0.05, 0) is 43.5 Å². The van der Waals surface area contributed by atoms with Crippen LogP contribution in [0.5, 0.6) is 0 Å². The van der Waals surface area contributed by atoms with Gasteiger partial charge >= 0.3 is 5.97 Å². The van der Waals surface area contributed by atoms with Crippen molar-refractivity contribution in [2.45, 2.75) is 43.9 Å². The molecule has 1 N–H and O–H groups in total. The third-order valence-electron chi connectivity index (χ3n) is 4.18. The molecule has 8 heteroatoms. The van der Waals surface area contributed by atoms with E-state index >= 15 is 0 Å². The van der Waals surface area contributed by atoms with Crippen LogP contribution in [0.2, 0.25) is 0 Å². The van der Waals surface area contributed by atoms with Crippen molar-refractivity contribution < 1.29 is 22.7 Å². The second-order valence-electron chi connectivity index (χ2n) is 6.31. The van der Waals surface area contributed by atoms with E-state index in [1.807, 2.05) is 6.92 Å². The van der Waals surface area contributed by atoms with Crippen LogP contribution in [0.4, 0.5) is 5.69 Å². The van der Waals surface area contributed by atoms with Crippen LogP contribution in [0.25, 0.3) is 0 Å². The molecule has 1 heterocycles. The first-order chi connectivity index (χ1) is 12.9. The van der Waals surface area contributed by atoms with Crippen molar-refractivity contribution in [3.05, 3.63) is 36.4 Å². The molecule has 0 spiro atoms. The molecule has 1 aliphatic heterocycles. The number of hydrogen-bond acceptors (Lipinski definition) is 5. The number of carbonyl (C=O) groups is 2. The maximum Gasteiger partial charge on any atom is 0.330 e. The Morgan fingerprint density at radius 2 is 1.74 bits per heavy atom. The summed E-state index contributed by atoms with van der Waals surface area (Å²) in [5, 5.41) is 2.57. The zero-order chi connectivity index (χ0) is 19.7. The van der Waals surface area contributed by atoms with E-state index in [0.29, 0.717) is 25.2 Å². The van der Waals surface area contributed by atoms with E-state index < -0.39 is 28.5 Å². The highest BCUT2D eigenvalue weighted by Gasteiger charge is 2.24. The fourth-order valence-electron chi connectivity index (χ4n) is 2.74. The van der Waals surface area contributed by atoms with Gasteiger partial charge in [0.2, 0.25) is 10.0 Å². The molecule has 0 atom stereocenters. The van der Waals surface area contributed by atoms with Gasteiger partial charge in [0.05, 0.1) is 4.90 Å². The predicted octanol–water partition coefficient (Wildman–Crippen LogP) is 2.70. The molecule has 1 aliphatic rings. The second-order valence-corrected chi connectivity index (χ2v) is 8.25. The average Bonchev–Trinajstić information content (AvgIpc) is 2.95. The summed E-state index contributed by atoms with van der Waals surface area (Å²) >= 11 is 0. The third kappa shape index (κ3) is 6.48. The summed E-state index contributed by atoms with van der Waals surface area (Å²) in [6.07, 6.45) is 7.47. The molecule has 148 valence electrons. The summed E-state index contributed by atoms with van der Waals surface area (Å²) in [5.74, 6) is -1.07. The van der Waals surface area contributed by atoms with Gasteiger partial charge in [0.1, 0.15) is 0 Å². The Bertz CT molecular complexity index is 764. The van der Waals surface area contributed by atoms with Crippen molar-refractivity contribution in [2.75, 3.05) is 25.0 Å². The minimum Gasteiger partial charge on any atom is -0.452 e. The lowest BCUT2D eigenvalue weighted by atomic mass is 10.2. The van der Waals surface area contributed by atoms with Gasteiger partial charge in [-0.15, -0.1) is 0 Å². The quantitative estimate of drug-likeness (QED) is 0.567. The standard InChI is InChI=1S/C19H26N2O5S/c1-2-3-8-19(23)26-15-18(22)20-16-9-11-17(12-10-16)27(24,25)21-13-6-4-5-7-14-21/h3,8-12H,2,4-7,13-15H2,1H3,(H,20,22)/b8-3+. The van der Waals surface area contributed by atoms with E-state index in [-0.39, 0.29) is 4.90 Å². The van der Waals surface area contributed by atoms with Gasteiger partial charge in [0, 0.05) is 24.9 Å². The van der Waals surface area contributed by atoms with Crippen molar-refractivity contribution in [3.8, 4) is 0 Å². The smallest absolute Gasteiger partial charge is 0.330 e. The Hall–Kier alpha value is -2.19. The molecule has 0 bridgehead atoms. The molecule has 1 saturated heterocycles. The number of anilines is 1. The van der Waals surface area contributed by atoms with Crippen LogP contribution in [0, 0.1) is 0 Å². The number of esters is 1. The molecule has 0 radical (unpaired) electrons. The van der Waals surface area contributed by atoms with Crippen molar-refractivity contribution in [3.63, 3.8) is 0 Å². The van der Waals surface area contributed by atoms with Gasteiger partial charge in [0.15, 0.2) is 6.61 Å². The molecular formula is C19H26N2O5S. The number of ether oxygens (including phenoxy) is 1. The van der Waals surface area contributed by atoms with Gasteiger partial charge in [-0.1, -0.05) is 25.8 Å². The Balaban J connectivity index is 1.93. The van der Waals surface area contributed by atoms with Gasteiger partial charge in [-0.2, -0.15) is 4.31 Å². The average molecular weight is 394 g/mol. The molecule has 1 aromatic carbocycles. The molecule has 0 saturated carbocycles. The van der Waals surface area contributed by atoms with Crippen LogP contribution in [-0.2, 0) is 24.3 Å². The molecule has 1 fully saturated rings. The molecule has 0 aromatic heterocycles. The summed E-state index contributed by atoms with van der Waals surface area (Å²) < 4.78 is 31.8. The van der Waals surface area contributed by atoms with Crippen LogP contribution in [0.1, 0.15) is 39.0 Å². The van der Waals surface area contributed by atoms with Crippen LogP contribution < -0.4 is 5.32 Å². The number of hydrogen-bond donors (Lipinski definition) is 1. The normalized spacial score (nSPS) is 16.0. The summed E-state index contributed by atoms with van der Waals surface area (Å²) in [6, 6.07) is 6.01. The lowest BCUT2D eigenvalue weighted by Crippen LogP contribution is -2.31. The molecule has 1 amide bonds. The summed E-state index contributed by atoms with van der Waals surface area (Å²) in [7, 11) is -3.52. The first-order valence-electron chi connectivity index (χ1n) is 9.17. The van der Waals surface area contributed by atoms with E-state index in [2.05, 4.69) is 5.32 Å². The Kier molecular flexibility index (Phi) is 7.99. The Morgan fingerprint density at radius 3 is 2.33 bits per heavy atom. The minimum absolute atomic E-state index is 0.207. The highest BCUT2D eigenvalue weighted by Crippen LogP contribution is 2.21. The van der Waals surface area contributed by atoms with Crippen LogP contribution in [-0.4, -0.2) is 44.3 Å². The van der Waals surface area contributed by atoms with Crippen molar-refractivity contribution in [1.29, 1.82) is 0 Å². The molecule has 2 rings (SSSR count). The monoisotopic (exact) mass is 394 g/mol. The number of amides is 1. The zero-order valence-corrected chi connectivity index (χ0v) is 16.3. The minimum atomic E-state index is -3.52. The molecule has 7 nitrogen and oxygen atoms in total. The fourth-order valence-corrected chi connectivity index (χ4v) is 4.25. The van der Waals surface area contributed by atoms with Crippen LogP contribution in [0.15, 0.2) is 41.3 Å². The highest BCUT2D eigenvalue weighted by atomic mass is 32.2. The van der Waals surface area contributed by atoms with Crippen molar-refractivity contribution in [2.24, 2.45) is 0 Å². The summed E-state index contributed by atoms with van der Waals surface area (Å²) in [5.41, 5.74) is 0.440. The largest absolute Gasteiger partial charge is 0.452 e. The number of carbonyl (C=O) groups excluding carboxylic acids is 2. The van der Waals surface area contributed by atoms with E-state index in [9.17, 15) is 18.0 Å². The number of allylic oxidation sites excluding steroid dienone is 1. The summed E-state index contributed by atoms with van der Waals surface area (Å²) in [6.45, 7) is 2.56. The SMILES string of the molecule is CC/C=C/C(=O)OCC(=O)Nc1ccc(S(=O)(=O)N2CCCCCC2)cc1. The number of nitrogens with one attached hydrogen (secondary N) is 1. The maximum atomic E-state index is 12.7. The van der Waals surface area contributed by atoms with E-state index in [0.717, 1.165) is 25.7 Å². The fraction of sp³-hybridized carbons (Fsp3) is 0.474. The molecule has 0 aliphatic carbocycles. The lowest BCUT2D eigenvalue weighted by molar-refractivity contribution is -0.142. The molecule has 27 heavy (non-hydrogen) atoms. The maximum absolute atomic E-state index is 12.7. The number of nitrogens with zero attached hydrogens (tertiary/aromatic N) is 1. The molecule has 1 aromatic rings. The van der Waals surface area contributed by atoms with Gasteiger partial charge < -0.3 is 10.1 Å². The Labute approximate surface area is 160 Å². The first-order valence-corrected chi connectivity index (χ1v) is 10.6. The van der Waals surface area contributed by atoms with Crippen molar-refractivity contribution in [1.82, 2.24) is 4.31 Å². The van der Waals surface area contributed by atoms with Gasteiger partial charge in [0.25, 0.3) is 5.91 Å². The molecule has 0 unspecified atom stereocenters. The van der Waals surface area contributed by atoms with E-state index in [1.54, 1.807) is 6.08 Å². The number of rotatable bonds is 7. The molecular weight excluding hydrogens is 368 g/mol. The van der Waals surface area contributed by atoms with E-state index in [1.165, 1.54) is 34.6 Å². The highest BCUT2D eigenvalue weighted by molar-refractivity contribution is 7.89. The topological polar surface area (TPSA) is 92.8 Å². The van der Waals surface area contributed by atoms with E-state index in [4.69, 9.17) is 4.74 Å². The van der Waals surface area contributed by atoms with Gasteiger partial charge in [-0.3, -0.25) is 4.79 Å². The van der Waals surface area contributed by atoms with Crippen molar-refractivity contribution >= 4 is 27.6 Å². The van der Waals surface area contributed by atoms with Crippen LogP contribution in [0.3, 0.4) is 0 Å². The number of sulfonamides is 1. The zero-order valence-electron chi connectivity index (χ0n) is 15.5. The Morgan fingerprint density at radius 1 is 1.11 bits per heavy atom. The first kappa shape index (κ1) is 21.1. The third-order valence-corrected chi connectivity index (χ3v) is 6.09. The predicted molar refractivity (Wildman–Crippen MR) is 103 cm³/mol. The second kappa shape index (κ2) is 10.2. The number of benzene rings is 1. The summed E-state index contributed by atoms with van der Waals surface area (Å²) in [4.78, 5) is 23.4. The lowest BCUT2D eigenvalue weighted by Gasteiger charge is -2.20.